The molecule has 5 N–H and O–H groups in total. The lowest BCUT2D eigenvalue weighted by Gasteiger charge is -2.52. The monoisotopic (exact) mass is 986 g/mol. The highest BCUT2D eigenvalue weighted by Crippen LogP contribution is 2.59. The second-order valence-electron chi connectivity index (χ2n) is 20.7. The van der Waals surface area contributed by atoms with Crippen molar-refractivity contribution < 1.29 is 23.6 Å². The van der Waals surface area contributed by atoms with Crippen LogP contribution in [-0.2, 0) is 34.0 Å². The van der Waals surface area contributed by atoms with Gasteiger partial charge in [-0.25, -0.2) is 23.2 Å². The second-order valence-corrected chi connectivity index (χ2v) is 20.7. The zero-order valence-electron chi connectivity index (χ0n) is 41.2. The van der Waals surface area contributed by atoms with Gasteiger partial charge in [0.1, 0.15) is 24.2 Å². The first-order chi connectivity index (χ1) is 34.8. The number of benzene rings is 3. The number of hydrogen-bond acceptors (Lipinski definition) is 12. The largest absolute Gasteiger partial charge is 0.370 e. The Morgan fingerprint density at radius 2 is 1.64 bits per heavy atom. The summed E-state index contributed by atoms with van der Waals surface area (Å²) in [7, 11) is 3.40. The third-order valence-corrected chi connectivity index (χ3v) is 17.2. The number of fused-ring (bicyclic) bond motifs is 2. The number of nitrogens with two attached hydrogens (primary N) is 1. The third kappa shape index (κ3) is 7.92. The third-order valence-electron chi connectivity index (χ3n) is 17.2. The minimum absolute atomic E-state index is 0.140. The van der Waals surface area contributed by atoms with Gasteiger partial charge in [0.05, 0.1) is 33.5 Å². The molecule has 11 rings (SSSR count). The van der Waals surface area contributed by atoms with E-state index < -0.39 is 35.3 Å². The Morgan fingerprint density at radius 1 is 0.875 bits per heavy atom. The molecule has 0 bridgehead atoms. The average molecular weight is 986 g/mol. The molecule has 20 heteroatoms. The van der Waals surface area contributed by atoms with Crippen LogP contribution in [0.25, 0.3) is 16.7 Å². The minimum atomic E-state index is -0.904. The van der Waals surface area contributed by atoms with Crippen LogP contribution in [0, 0.1) is 17.7 Å². The minimum Gasteiger partial charge on any atom is -0.370 e. The Labute approximate surface area is 416 Å². The van der Waals surface area contributed by atoms with Crippen molar-refractivity contribution in [1.29, 1.82) is 0 Å². The van der Waals surface area contributed by atoms with Gasteiger partial charge in [0.15, 0.2) is 0 Å². The van der Waals surface area contributed by atoms with Crippen LogP contribution in [0.1, 0.15) is 86.7 Å². The molecule has 19 nitrogen and oxygen atoms in total. The predicted octanol–water partition coefficient (Wildman–Crippen LogP) is 2.94. The van der Waals surface area contributed by atoms with E-state index in [0.717, 1.165) is 113 Å². The van der Waals surface area contributed by atoms with Crippen LogP contribution in [-0.4, -0.2) is 127 Å². The molecule has 0 spiro atoms. The normalized spacial score (nSPS) is 25.7. The molecule has 2 aromatic heterocycles. The van der Waals surface area contributed by atoms with Gasteiger partial charge in [-0.3, -0.25) is 43.4 Å². The van der Waals surface area contributed by atoms with Crippen LogP contribution < -0.4 is 42.9 Å². The number of amides is 4. The Balaban J connectivity index is 0.856. The highest BCUT2D eigenvalue weighted by molar-refractivity contribution is 6.01. The van der Waals surface area contributed by atoms with Gasteiger partial charge in [-0.15, -0.1) is 0 Å². The molecule has 5 aliphatic heterocycles. The van der Waals surface area contributed by atoms with E-state index in [1.165, 1.54) is 22.4 Å². The number of para-hydroxylation sites is 1. The van der Waals surface area contributed by atoms with Crippen molar-refractivity contribution in [2.45, 2.75) is 94.4 Å². The van der Waals surface area contributed by atoms with Gasteiger partial charge in [-0.05, 0) is 118 Å². The quantitative estimate of drug-likeness (QED) is 0.141. The number of rotatable bonds is 11. The number of nitrogens with one attached hydrogen (secondary N) is 3. The van der Waals surface area contributed by atoms with Crippen molar-refractivity contribution >= 4 is 51.7 Å². The zero-order valence-corrected chi connectivity index (χ0v) is 41.2. The van der Waals surface area contributed by atoms with E-state index in [1.54, 1.807) is 34.1 Å². The first-order valence-electron chi connectivity index (χ1n) is 25.7. The van der Waals surface area contributed by atoms with E-state index in [1.807, 2.05) is 12.1 Å². The van der Waals surface area contributed by atoms with Gasteiger partial charge in [-0.1, -0.05) is 25.5 Å². The molecule has 7 heterocycles. The molecule has 6 fully saturated rings. The molecule has 72 heavy (non-hydrogen) atoms. The maximum absolute atomic E-state index is 14.5. The summed E-state index contributed by atoms with van der Waals surface area (Å²) < 4.78 is 20.6. The van der Waals surface area contributed by atoms with Gasteiger partial charge in [0, 0.05) is 83.2 Å². The molecule has 5 atom stereocenters. The number of aromatic nitrogens is 5. The lowest BCUT2D eigenvalue weighted by molar-refractivity contribution is -0.135. The highest BCUT2D eigenvalue weighted by Gasteiger charge is 2.60. The fraction of sp³-hybridized carbons (Fsp3) is 0.519. The number of anilines is 3. The number of piperazine rings is 1. The van der Waals surface area contributed by atoms with Crippen LogP contribution in [0.4, 0.5) is 21.5 Å². The number of likely N-dealkylation sites (tertiary alicyclic amines) is 1. The zero-order chi connectivity index (χ0) is 50.2. The number of likely N-dealkylation sites (N-methyl/N-ethyl adjacent to an activating group) is 1. The molecule has 3 aromatic carbocycles. The number of piperidine rings is 3. The maximum Gasteiger partial charge on any atom is 0.350 e. The van der Waals surface area contributed by atoms with Crippen LogP contribution in [0.2, 0.25) is 0 Å². The summed E-state index contributed by atoms with van der Waals surface area (Å²) in [5.74, 6) is -2.09. The molecule has 1 aliphatic carbocycles. The number of hydrogen-bond donors (Lipinski definition) is 4. The number of halogens is 1. The summed E-state index contributed by atoms with van der Waals surface area (Å²) in [5, 5.41) is 13.2. The first kappa shape index (κ1) is 47.7. The number of primary amides is 1. The van der Waals surface area contributed by atoms with Crippen LogP contribution in [0.15, 0.2) is 70.5 Å². The van der Waals surface area contributed by atoms with Crippen LogP contribution >= 0.6 is 0 Å². The smallest absolute Gasteiger partial charge is 0.350 e. The summed E-state index contributed by atoms with van der Waals surface area (Å²) in [4.78, 5) is 88.4. The molecule has 380 valence electrons. The Hall–Kier alpha value is -6.64. The van der Waals surface area contributed by atoms with Gasteiger partial charge >= 0.3 is 11.4 Å². The molecular weight excluding hydrogens is 922 g/mol. The lowest BCUT2D eigenvalue weighted by atomic mass is 9.64. The molecule has 6 aliphatic rings. The van der Waals surface area contributed by atoms with Crippen molar-refractivity contribution in [3.05, 3.63) is 98.8 Å². The predicted molar refractivity (Wildman–Crippen MR) is 270 cm³/mol. The number of aryl methyl sites for hydroxylation is 2. The summed E-state index contributed by atoms with van der Waals surface area (Å²) in [6.07, 6.45) is 8.98. The van der Waals surface area contributed by atoms with Gasteiger partial charge in [0.25, 0.3) is 5.91 Å². The number of carbonyl (C=O) groups excluding carboxylic acids is 4. The molecule has 4 amide bonds. The Bertz CT molecular complexity index is 3090. The van der Waals surface area contributed by atoms with Gasteiger partial charge in [-0.2, -0.15) is 5.10 Å². The second kappa shape index (κ2) is 18.8. The fourth-order valence-electron chi connectivity index (χ4n) is 13.5. The van der Waals surface area contributed by atoms with E-state index >= 15 is 0 Å². The number of imidazole rings is 1. The van der Waals surface area contributed by atoms with E-state index in [9.17, 15) is 33.2 Å². The lowest BCUT2D eigenvalue weighted by Crippen LogP contribution is -2.62. The van der Waals surface area contributed by atoms with Crippen LogP contribution in [0.3, 0.4) is 0 Å². The molecular formula is C52H64FN13O6. The summed E-state index contributed by atoms with van der Waals surface area (Å²) in [6.45, 7) is 8.44. The number of imide groups is 1. The van der Waals surface area contributed by atoms with Crippen molar-refractivity contribution in [2.75, 3.05) is 67.5 Å². The molecule has 5 saturated heterocycles. The van der Waals surface area contributed by atoms with E-state index in [0.29, 0.717) is 36.3 Å². The summed E-state index contributed by atoms with van der Waals surface area (Å²) in [5.41, 5.74) is 10.1. The SMILES string of the molecule is CCN1C2C(CCNC2C(=O)Nc2ccc(F)c(C(N)=O)c2)CC1(c1ccc(-n2cnn(C)c2=O)cc1N1CCN(C2CCN(c3cccc4c3n(C)c(=O)n4C3CCC(=O)NC3=O)CC2)CC1)C1CCC1. The summed E-state index contributed by atoms with van der Waals surface area (Å²) >= 11 is 0. The first-order valence-corrected chi connectivity index (χ1v) is 25.7. The van der Waals surface area contributed by atoms with Crippen molar-refractivity contribution in [3.8, 4) is 5.69 Å². The molecule has 5 aromatic rings. The number of nitrogens with zero attached hydrogens (tertiary/aromatic N) is 9. The van der Waals surface area contributed by atoms with E-state index in [2.05, 4.69) is 71.8 Å². The van der Waals surface area contributed by atoms with Crippen LogP contribution in [0.5, 0.6) is 0 Å². The fourth-order valence-corrected chi connectivity index (χ4v) is 13.5. The molecule has 1 saturated carbocycles. The van der Waals surface area contributed by atoms with E-state index in [4.69, 9.17) is 5.73 Å². The maximum atomic E-state index is 14.5. The van der Waals surface area contributed by atoms with Crippen molar-refractivity contribution in [1.82, 2.24) is 43.9 Å². The Morgan fingerprint density at radius 3 is 2.32 bits per heavy atom. The topological polar surface area (TPSA) is 210 Å². The Kier molecular flexibility index (Phi) is 12.4. The van der Waals surface area contributed by atoms with E-state index in [-0.39, 0.29) is 53.6 Å². The molecule has 0 radical (unpaired) electrons. The van der Waals surface area contributed by atoms with Crippen molar-refractivity contribution in [2.24, 2.45) is 31.7 Å². The number of carbonyl (C=O) groups is 4. The molecule has 5 unspecified atom stereocenters. The van der Waals surface area contributed by atoms with Gasteiger partial charge in [0.2, 0.25) is 17.7 Å². The summed E-state index contributed by atoms with van der Waals surface area (Å²) in [6, 6.07) is 15.2. The van der Waals surface area contributed by atoms with Gasteiger partial charge < -0.3 is 26.2 Å². The highest BCUT2D eigenvalue weighted by atomic mass is 19.1. The average Bonchev–Trinajstić information content (AvgIpc) is 3.97. The van der Waals surface area contributed by atoms with Crippen molar-refractivity contribution in [3.63, 3.8) is 0 Å². The standard InChI is InChI=1S/C52H64FN13O6/c1-4-65-45-31(17-20-55-44(45)49(70)57-33-11-14-38(53)36(27-33)47(54)68)29-52(65,32-7-5-8-32)37-13-12-35(64-30-56-60(3)51(64)72)28-42(37)63-25-23-61(24-26-63)34-18-21-62(22-19-34)39-9-6-10-40-46(39)59(2)50(71)66(40)41-15-16-43(67)58-48(41)69/h6,9-14,27-28,30-32,34,41,44-45,55H,4-5,7-8,15-26,29H2,1-3H3,(H2,54,68)(H,57,70)(H,58,67,69).